The van der Waals surface area contributed by atoms with Crippen LogP contribution >= 0.6 is 0 Å². The van der Waals surface area contributed by atoms with E-state index in [1.807, 2.05) is 49.4 Å². The molecular formula is C22H28O3Si. The molecule has 2 atom stereocenters. The smallest absolute Gasteiger partial charge is 0.335 e. The minimum absolute atomic E-state index is 0.0222. The molecular weight excluding hydrogens is 340 g/mol. The Hall–Kier alpha value is -2.17. The summed E-state index contributed by atoms with van der Waals surface area (Å²) in [5.74, 6) is -0.319. The highest BCUT2D eigenvalue weighted by Crippen LogP contribution is 2.31. The molecule has 0 fully saturated rings. The number of benzene rings is 2. The number of rotatable bonds is 8. The summed E-state index contributed by atoms with van der Waals surface area (Å²) < 4.78 is 11.2. The van der Waals surface area contributed by atoms with Crippen molar-refractivity contribution in [1.82, 2.24) is 0 Å². The van der Waals surface area contributed by atoms with Gasteiger partial charge in [-0.1, -0.05) is 91.1 Å². The van der Waals surface area contributed by atoms with E-state index in [0.29, 0.717) is 6.61 Å². The topological polar surface area (TPSA) is 35.5 Å². The van der Waals surface area contributed by atoms with Gasteiger partial charge in [0.05, 0.1) is 21.8 Å². The number of allylic oxidation sites excluding steroid dienone is 1. The van der Waals surface area contributed by atoms with Crippen LogP contribution in [0.25, 0.3) is 0 Å². The summed E-state index contributed by atoms with van der Waals surface area (Å²) in [6.45, 7) is 6.91. The first-order chi connectivity index (χ1) is 12.5. The van der Waals surface area contributed by atoms with Gasteiger partial charge >= 0.3 is 5.97 Å². The van der Waals surface area contributed by atoms with Crippen molar-refractivity contribution >= 4 is 19.2 Å². The molecule has 0 saturated carbocycles. The van der Waals surface area contributed by atoms with Gasteiger partial charge in [0.2, 0.25) is 0 Å². The average Bonchev–Trinajstić information content (AvgIpc) is 2.68. The van der Waals surface area contributed by atoms with Gasteiger partial charge in [0, 0.05) is 5.54 Å². The summed E-state index contributed by atoms with van der Waals surface area (Å²) in [7, 11) is -0.601. The lowest BCUT2D eigenvalue weighted by atomic mass is 10.2. The molecule has 0 bridgehead atoms. The molecule has 0 unspecified atom stereocenters. The van der Waals surface area contributed by atoms with E-state index in [4.69, 9.17) is 9.47 Å². The lowest BCUT2D eigenvalue weighted by Gasteiger charge is -2.35. The lowest BCUT2D eigenvalue weighted by Crippen LogP contribution is -2.51. The molecule has 0 spiro atoms. The number of methoxy groups -OCH3 is 1. The van der Waals surface area contributed by atoms with Crippen LogP contribution in [-0.2, 0) is 20.9 Å². The van der Waals surface area contributed by atoms with E-state index in [-0.39, 0.29) is 11.5 Å². The molecule has 2 aromatic rings. The van der Waals surface area contributed by atoms with Crippen molar-refractivity contribution in [2.24, 2.45) is 0 Å². The van der Waals surface area contributed by atoms with Crippen LogP contribution in [-0.4, -0.2) is 27.3 Å². The molecule has 0 saturated heterocycles. The Morgan fingerprint density at radius 1 is 1.04 bits per heavy atom. The number of ether oxygens (including phenoxy) is 2. The first-order valence-electron chi connectivity index (χ1n) is 8.92. The van der Waals surface area contributed by atoms with Crippen molar-refractivity contribution < 1.29 is 14.3 Å². The van der Waals surface area contributed by atoms with Gasteiger partial charge in [-0.15, -0.1) is 0 Å². The Kier molecular flexibility index (Phi) is 7.36. The maximum absolute atomic E-state index is 12.6. The Morgan fingerprint density at radius 3 is 2.15 bits per heavy atom. The molecule has 0 amide bonds. The Bertz CT molecular complexity index is 711. The molecule has 26 heavy (non-hydrogen) atoms. The first kappa shape index (κ1) is 20.1. The molecule has 3 nitrogen and oxygen atoms in total. The van der Waals surface area contributed by atoms with E-state index in [2.05, 4.69) is 43.4 Å². The van der Waals surface area contributed by atoms with E-state index in [0.717, 1.165) is 5.56 Å². The normalized spacial score (nSPS) is 14.2. The maximum atomic E-state index is 12.6. The highest BCUT2D eigenvalue weighted by molar-refractivity contribution is 6.91. The third-order valence-corrected chi connectivity index (χ3v) is 8.77. The van der Waals surface area contributed by atoms with Crippen LogP contribution in [0.1, 0.15) is 12.5 Å². The quantitative estimate of drug-likeness (QED) is 0.396. The second kappa shape index (κ2) is 9.50. The van der Waals surface area contributed by atoms with Gasteiger partial charge < -0.3 is 9.47 Å². The SMILES string of the molecule is C/C=C/[C@H]([C@@H](OCc1ccccc1)C(=O)OC)[Si](C)(C)c1ccccc1. The molecule has 0 aromatic heterocycles. The average molecular weight is 369 g/mol. The summed E-state index contributed by atoms with van der Waals surface area (Å²) >= 11 is 0. The van der Waals surface area contributed by atoms with Crippen molar-refractivity contribution in [2.45, 2.75) is 38.3 Å². The van der Waals surface area contributed by atoms with E-state index in [9.17, 15) is 4.79 Å². The molecule has 0 heterocycles. The predicted molar refractivity (Wildman–Crippen MR) is 109 cm³/mol. The van der Waals surface area contributed by atoms with Gasteiger partial charge in [-0.05, 0) is 12.5 Å². The van der Waals surface area contributed by atoms with Gasteiger partial charge in [0.15, 0.2) is 6.10 Å². The standard InChI is InChI=1S/C22H28O3Si/c1-5-12-20(26(3,4)19-15-10-7-11-16-19)21(22(23)24-2)25-17-18-13-8-6-9-14-18/h5-16,20-21H,17H2,1-4H3/b12-5+/t20-,21-/m1/s1. The predicted octanol–water partition coefficient (Wildman–Crippen LogP) is 4.31. The Balaban J connectivity index is 2.32. The molecule has 0 radical (unpaired) electrons. The van der Waals surface area contributed by atoms with Gasteiger partial charge in [-0.2, -0.15) is 0 Å². The monoisotopic (exact) mass is 368 g/mol. The molecule has 0 N–H and O–H groups in total. The van der Waals surface area contributed by atoms with Crippen molar-refractivity contribution in [3.8, 4) is 0 Å². The molecule has 4 heteroatoms. The summed E-state index contributed by atoms with van der Waals surface area (Å²) in [6.07, 6.45) is 3.48. The summed E-state index contributed by atoms with van der Waals surface area (Å²) in [6, 6.07) is 20.3. The molecule has 2 rings (SSSR count). The Labute approximate surface area is 157 Å². The van der Waals surface area contributed by atoms with E-state index >= 15 is 0 Å². The van der Waals surface area contributed by atoms with Crippen LogP contribution in [0.15, 0.2) is 72.8 Å². The maximum Gasteiger partial charge on any atom is 0.335 e. The van der Waals surface area contributed by atoms with Crippen molar-refractivity contribution in [1.29, 1.82) is 0 Å². The molecule has 0 aliphatic heterocycles. The number of carbonyl (C=O) groups is 1. The van der Waals surface area contributed by atoms with Gasteiger partial charge in [-0.25, -0.2) is 4.79 Å². The fourth-order valence-corrected chi connectivity index (χ4v) is 6.28. The second-order valence-electron chi connectivity index (χ2n) is 6.88. The molecule has 0 aliphatic carbocycles. The molecule has 0 aliphatic rings. The van der Waals surface area contributed by atoms with Crippen LogP contribution in [0.5, 0.6) is 0 Å². The third kappa shape index (κ3) is 4.93. The van der Waals surface area contributed by atoms with Gasteiger partial charge in [-0.3, -0.25) is 0 Å². The molecule has 2 aromatic carbocycles. The van der Waals surface area contributed by atoms with Crippen LogP contribution in [0.2, 0.25) is 18.6 Å². The lowest BCUT2D eigenvalue weighted by molar-refractivity contribution is -0.154. The largest absolute Gasteiger partial charge is 0.467 e. The fourth-order valence-electron chi connectivity index (χ4n) is 3.18. The van der Waals surface area contributed by atoms with Gasteiger partial charge in [0.1, 0.15) is 0 Å². The number of hydrogen-bond donors (Lipinski definition) is 0. The van der Waals surface area contributed by atoms with Gasteiger partial charge in [0.25, 0.3) is 0 Å². The fraction of sp³-hybridized carbons (Fsp3) is 0.318. The van der Waals surface area contributed by atoms with E-state index in [1.165, 1.54) is 12.3 Å². The van der Waals surface area contributed by atoms with Crippen molar-refractivity contribution in [3.63, 3.8) is 0 Å². The zero-order chi connectivity index (χ0) is 19.0. The number of esters is 1. The third-order valence-electron chi connectivity index (χ3n) is 4.78. The minimum atomic E-state index is -2.02. The van der Waals surface area contributed by atoms with Crippen molar-refractivity contribution in [2.75, 3.05) is 7.11 Å². The van der Waals surface area contributed by atoms with Crippen LogP contribution in [0.4, 0.5) is 0 Å². The molecule has 138 valence electrons. The summed E-state index contributed by atoms with van der Waals surface area (Å²) in [5, 5.41) is 1.29. The second-order valence-corrected chi connectivity index (χ2v) is 11.6. The zero-order valence-corrected chi connectivity index (χ0v) is 17.0. The summed E-state index contributed by atoms with van der Waals surface area (Å²) in [4.78, 5) is 12.6. The first-order valence-corrected chi connectivity index (χ1v) is 12.0. The Morgan fingerprint density at radius 2 is 1.62 bits per heavy atom. The van der Waals surface area contributed by atoms with Crippen molar-refractivity contribution in [3.05, 3.63) is 78.4 Å². The van der Waals surface area contributed by atoms with Crippen LogP contribution in [0.3, 0.4) is 0 Å². The van der Waals surface area contributed by atoms with Crippen LogP contribution in [0, 0.1) is 0 Å². The zero-order valence-electron chi connectivity index (χ0n) is 16.0. The van der Waals surface area contributed by atoms with E-state index < -0.39 is 14.2 Å². The summed E-state index contributed by atoms with van der Waals surface area (Å²) in [5.41, 5.74) is 1.02. The minimum Gasteiger partial charge on any atom is -0.467 e. The highest BCUT2D eigenvalue weighted by atomic mass is 28.3. The highest BCUT2D eigenvalue weighted by Gasteiger charge is 2.41. The van der Waals surface area contributed by atoms with Crippen LogP contribution < -0.4 is 5.19 Å². The number of hydrogen-bond acceptors (Lipinski definition) is 3. The van der Waals surface area contributed by atoms with E-state index in [1.54, 1.807) is 0 Å². The number of carbonyl (C=O) groups excluding carboxylic acids is 1.